The first kappa shape index (κ1) is 23.0. The number of hydrogen-bond acceptors (Lipinski definition) is 3. The molecule has 1 saturated heterocycles. The molecular formula is C23H29BrN2O3S. The van der Waals surface area contributed by atoms with E-state index in [2.05, 4.69) is 39.4 Å². The van der Waals surface area contributed by atoms with Crippen LogP contribution in [0.5, 0.6) is 0 Å². The Morgan fingerprint density at radius 2 is 1.87 bits per heavy atom. The number of rotatable bonds is 6. The number of piperidine rings is 1. The summed E-state index contributed by atoms with van der Waals surface area (Å²) in [5.74, 6) is -0.171. The molecule has 1 unspecified atom stereocenters. The Bertz CT molecular complexity index is 1010. The van der Waals surface area contributed by atoms with Gasteiger partial charge in [0.05, 0.1) is 11.8 Å². The Hall–Kier alpha value is -1.70. The highest BCUT2D eigenvalue weighted by Gasteiger charge is 2.31. The smallest absolute Gasteiger partial charge is 0.223 e. The van der Waals surface area contributed by atoms with Crippen LogP contribution in [0.2, 0.25) is 0 Å². The molecule has 162 valence electrons. The molecule has 3 rings (SSSR count). The second-order valence-corrected chi connectivity index (χ2v) is 11.0. The number of nitrogens with zero attached hydrogens (tertiary/aromatic N) is 1. The van der Waals surface area contributed by atoms with Crippen molar-refractivity contribution in [3.8, 4) is 0 Å². The van der Waals surface area contributed by atoms with Gasteiger partial charge in [0.1, 0.15) is 0 Å². The van der Waals surface area contributed by atoms with Gasteiger partial charge in [-0.25, -0.2) is 12.7 Å². The molecule has 1 amide bonds. The van der Waals surface area contributed by atoms with Gasteiger partial charge < -0.3 is 5.32 Å². The normalized spacial score (nSPS) is 16.9. The zero-order chi connectivity index (χ0) is 21.9. The molecule has 1 heterocycles. The van der Waals surface area contributed by atoms with Crippen LogP contribution in [0.3, 0.4) is 0 Å². The average molecular weight is 493 g/mol. The summed E-state index contributed by atoms with van der Waals surface area (Å²) in [5.41, 5.74) is 4.20. The van der Waals surface area contributed by atoms with Gasteiger partial charge in [-0.2, -0.15) is 0 Å². The number of amides is 1. The van der Waals surface area contributed by atoms with Gasteiger partial charge in [-0.3, -0.25) is 4.79 Å². The number of nitrogens with one attached hydrogen (secondary N) is 1. The van der Waals surface area contributed by atoms with Gasteiger partial charge in [0.2, 0.25) is 15.9 Å². The number of hydrogen-bond donors (Lipinski definition) is 1. The minimum Gasteiger partial charge on any atom is -0.349 e. The summed E-state index contributed by atoms with van der Waals surface area (Å²) in [6.07, 6.45) is 1.09. The average Bonchev–Trinajstić information content (AvgIpc) is 2.69. The molecule has 1 aliphatic heterocycles. The van der Waals surface area contributed by atoms with E-state index >= 15 is 0 Å². The summed E-state index contributed by atoms with van der Waals surface area (Å²) in [4.78, 5) is 12.8. The maximum Gasteiger partial charge on any atom is 0.223 e. The van der Waals surface area contributed by atoms with Crippen molar-refractivity contribution in [3.63, 3.8) is 0 Å². The molecule has 0 saturated carbocycles. The molecule has 0 aromatic heterocycles. The van der Waals surface area contributed by atoms with Crippen LogP contribution in [0.15, 0.2) is 46.9 Å². The quantitative estimate of drug-likeness (QED) is 0.645. The van der Waals surface area contributed by atoms with E-state index in [1.54, 1.807) is 0 Å². The van der Waals surface area contributed by atoms with Crippen molar-refractivity contribution in [3.05, 3.63) is 69.2 Å². The van der Waals surface area contributed by atoms with Gasteiger partial charge in [0.15, 0.2) is 0 Å². The van der Waals surface area contributed by atoms with Crippen LogP contribution in [0.4, 0.5) is 0 Å². The Morgan fingerprint density at radius 1 is 1.17 bits per heavy atom. The minimum atomic E-state index is -3.40. The zero-order valence-electron chi connectivity index (χ0n) is 17.7. The second-order valence-electron chi connectivity index (χ2n) is 8.15. The summed E-state index contributed by atoms with van der Waals surface area (Å²) in [6, 6.07) is 13.5. The van der Waals surface area contributed by atoms with Gasteiger partial charge in [-0.15, -0.1) is 0 Å². The van der Waals surface area contributed by atoms with Crippen molar-refractivity contribution in [1.29, 1.82) is 0 Å². The van der Waals surface area contributed by atoms with Crippen LogP contribution in [0, 0.1) is 19.8 Å². The Kier molecular flexibility index (Phi) is 7.37. The third-order valence-electron chi connectivity index (χ3n) is 5.72. The summed E-state index contributed by atoms with van der Waals surface area (Å²) in [5, 5.41) is 3.12. The molecule has 7 heteroatoms. The van der Waals surface area contributed by atoms with Crippen LogP contribution in [-0.2, 0) is 20.6 Å². The van der Waals surface area contributed by atoms with E-state index in [0.29, 0.717) is 25.9 Å². The maximum absolute atomic E-state index is 12.8. The van der Waals surface area contributed by atoms with E-state index in [9.17, 15) is 13.2 Å². The van der Waals surface area contributed by atoms with Crippen LogP contribution in [0.1, 0.15) is 48.1 Å². The first-order valence-corrected chi connectivity index (χ1v) is 12.7. The standard InChI is InChI=1S/C23H29BrN2O3S/c1-16-7-8-17(2)22(13-16)18(3)25-23(27)20-9-11-26(12-10-20)30(28,29)15-19-5-4-6-21(24)14-19/h4-8,13-14,18,20H,9-12,15H2,1-3H3,(H,25,27). The number of benzene rings is 2. The molecule has 5 nitrogen and oxygen atoms in total. The summed E-state index contributed by atoms with van der Waals surface area (Å²) in [7, 11) is -3.40. The lowest BCUT2D eigenvalue weighted by Gasteiger charge is -2.31. The Morgan fingerprint density at radius 3 is 2.53 bits per heavy atom. The van der Waals surface area contributed by atoms with Crippen molar-refractivity contribution in [2.24, 2.45) is 5.92 Å². The second kappa shape index (κ2) is 9.62. The molecule has 1 fully saturated rings. The monoisotopic (exact) mass is 492 g/mol. The summed E-state index contributed by atoms with van der Waals surface area (Å²) >= 11 is 3.38. The van der Waals surface area contributed by atoms with Gasteiger partial charge >= 0.3 is 0 Å². The van der Waals surface area contributed by atoms with Gasteiger partial charge in [-0.05, 0) is 62.4 Å². The van der Waals surface area contributed by atoms with Crippen molar-refractivity contribution in [1.82, 2.24) is 9.62 Å². The minimum absolute atomic E-state index is 0.00689. The predicted molar refractivity (Wildman–Crippen MR) is 124 cm³/mol. The van der Waals surface area contributed by atoms with E-state index < -0.39 is 10.0 Å². The third kappa shape index (κ3) is 5.71. The highest BCUT2D eigenvalue weighted by molar-refractivity contribution is 9.10. The Balaban J connectivity index is 1.56. The summed E-state index contributed by atoms with van der Waals surface area (Å²) < 4.78 is 28.0. The largest absolute Gasteiger partial charge is 0.349 e. The number of carbonyl (C=O) groups is 1. The number of aryl methyl sites for hydroxylation is 2. The molecule has 1 aliphatic rings. The molecule has 2 aromatic carbocycles. The van der Waals surface area contributed by atoms with Crippen molar-refractivity contribution < 1.29 is 13.2 Å². The van der Waals surface area contributed by atoms with E-state index in [0.717, 1.165) is 21.2 Å². The number of halogens is 1. The van der Waals surface area contributed by atoms with Crippen LogP contribution in [0.25, 0.3) is 0 Å². The Labute approximate surface area is 188 Å². The van der Waals surface area contributed by atoms with Gasteiger partial charge in [0.25, 0.3) is 0 Å². The van der Waals surface area contributed by atoms with Crippen molar-refractivity contribution in [2.45, 2.75) is 45.4 Å². The van der Waals surface area contributed by atoms with Gasteiger partial charge in [-0.1, -0.05) is 51.8 Å². The fourth-order valence-corrected chi connectivity index (χ4v) is 5.96. The number of carbonyl (C=O) groups excluding carboxylic acids is 1. The van der Waals surface area contributed by atoms with E-state index in [1.807, 2.05) is 45.0 Å². The fraction of sp³-hybridized carbons (Fsp3) is 0.435. The molecule has 1 N–H and O–H groups in total. The van der Waals surface area contributed by atoms with Crippen molar-refractivity contribution >= 4 is 31.9 Å². The molecule has 30 heavy (non-hydrogen) atoms. The number of sulfonamides is 1. The third-order valence-corrected chi connectivity index (χ3v) is 8.06. The maximum atomic E-state index is 12.8. The highest BCUT2D eigenvalue weighted by Crippen LogP contribution is 2.25. The van der Waals surface area contributed by atoms with Crippen LogP contribution < -0.4 is 5.32 Å². The lowest BCUT2D eigenvalue weighted by atomic mass is 9.95. The molecule has 0 spiro atoms. The molecule has 1 atom stereocenters. The van der Waals surface area contributed by atoms with E-state index in [1.165, 1.54) is 9.87 Å². The lowest BCUT2D eigenvalue weighted by molar-refractivity contribution is -0.126. The first-order valence-electron chi connectivity index (χ1n) is 10.3. The zero-order valence-corrected chi connectivity index (χ0v) is 20.1. The van der Waals surface area contributed by atoms with E-state index in [-0.39, 0.29) is 23.6 Å². The molecule has 0 bridgehead atoms. The topological polar surface area (TPSA) is 66.5 Å². The first-order chi connectivity index (χ1) is 14.2. The van der Waals surface area contributed by atoms with Crippen molar-refractivity contribution in [2.75, 3.05) is 13.1 Å². The highest BCUT2D eigenvalue weighted by atomic mass is 79.9. The van der Waals surface area contributed by atoms with Crippen LogP contribution >= 0.6 is 15.9 Å². The molecular weight excluding hydrogens is 464 g/mol. The summed E-state index contributed by atoms with van der Waals surface area (Å²) in [6.45, 7) is 6.85. The van der Waals surface area contributed by atoms with Crippen LogP contribution in [-0.4, -0.2) is 31.7 Å². The SMILES string of the molecule is Cc1ccc(C)c(C(C)NC(=O)C2CCN(S(=O)(=O)Cc3cccc(Br)c3)CC2)c1. The molecule has 2 aromatic rings. The van der Waals surface area contributed by atoms with Gasteiger partial charge in [0, 0.05) is 23.5 Å². The molecule has 0 aliphatic carbocycles. The fourth-order valence-electron chi connectivity index (χ4n) is 3.96. The predicted octanol–water partition coefficient (Wildman–Crippen LogP) is 4.49. The molecule has 0 radical (unpaired) electrons. The lowest BCUT2D eigenvalue weighted by Crippen LogP contribution is -2.43. The van der Waals surface area contributed by atoms with E-state index in [4.69, 9.17) is 0 Å².